The van der Waals surface area contributed by atoms with Crippen molar-refractivity contribution < 1.29 is 9.53 Å². The van der Waals surface area contributed by atoms with Gasteiger partial charge in [0.1, 0.15) is 5.75 Å². The van der Waals surface area contributed by atoms with Crippen LogP contribution in [0.1, 0.15) is 6.92 Å². The van der Waals surface area contributed by atoms with E-state index in [1.807, 2.05) is 49.4 Å². The Morgan fingerprint density at radius 2 is 1.64 bits per heavy atom. The molecular weight excluding hydrogens is 314 g/mol. The predicted molar refractivity (Wildman–Crippen MR) is 101 cm³/mol. The fourth-order valence-corrected chi connectivity index (χ4v) is 3.09. The molecule has 0 saturated carbocycles. The first-order valence-corrected chi connectivity index (χ1v) is 8.66. The highest BCUT2D eigenvalue weighted by Gasteiger charge is 2.25. The normalized spacial score (nSPS) is 16.3. The second-order valence-corrected chi connectivity index (χ2v) is 6.25. The molecule has 1 unspecified atom stereocenters. The van der Waals surface area contributed by atoms with Crippen LogP contribution in [0.25, 0.3) is 0 Å². The van der Waals surface area contributed by atoms with Gasteiger partial charge in [-0.25, -0.2) is 0 Å². The second kappa shape index (κ2) is 8.03. The molecule has 1 heterocycles. The lowest BCUT2D eigenvalue weighted by atomic mass is 10.2. The first kappa shape index (κ1) is 17.3. The van der Waals surface area contributed by atoms with Crippen LogP contribution >= 0.6 is 0 Å². The number of anilines is 2. The molecule has 1 amide bonds. The number of hydrogen-bond donors (Lipinski definition) is 1. The fraction of sp³-hybridized carbons (Fsp3) is 0.350. The summed E-state index contributed by atoms with van der Waals surface area (Å²) in [5, 5.41) is 2.99. The largest absolute Gasteiger partial charge is 0.497 e. The summed E-state index contributed by atoms with van der Waals surface area (Å²) in [6.07, 6.45) is 0. The molecule has 0 aromatic heterocycles. The highest BCUT2D eigenvalue weighted by molar-refractivity contribution is 5.94. The summed E-state index contributed by atoms with van der Waals surface area (Å²) in [6, 6.07) is 17.6. The van der Waals surface area contributed by atoms with E-state index in [1.54, 1.807) is 7.11 Å². The van der Waals surface area contributed by atoms with Crippen molar-refractivity contribution in [2.45, 2.75) is 13.0 Å². The van der Waals surface area contributed by atoms with Gasteiger partial charge in [0.05, 0.1) is 13.2 Å². The average Bonchev–Trinajstić information content (AvgIpc) is 2.68. The minimum Gasteiger partial charge on any atom is -0.497 e. The Hall–Kier alpha value is -2.53. The van der Waals surface area contributed by atoms with E-state index in [9.17, 15) is 4.79 Å². The van der Waals surface area contributed by atoms with E-state index in [-0.39, 0.29) is 11.9 Å². The summed E-state index contributed by atoms with van der Waals surface area (Å²) in [5.41, 5.74) is 2.04. The van der Waals surface area contributed by atoms with E-state index in [2.05, 4.69) is 27.2 Å². The van der Waals surface area contributed by atoms with Crippen LogP contribution in [0.3, 0.4) is 0 Å². The molecule has 0 aliphatic carbocycles. The van der Waals surface area contributed by atoms with Gasteiger partial charge in [0.2, 0.25) is 5.91 Å². The lowest BCUT2D eigenvalue weighted by molar-refractivity contribution is -0.120. The minimum absolute atomic E-state index is 0.0455. The van der Waals surface area contributed by atoms with Crippen molar-refractivity contribution in [3.8, 4) is 5.75 Å². The third-order valence-corrected chi connectivity index (χ3v) is 4.72. The van der Waals surface area contributed by atoms with Crippen molar-refractivity contribution in [2.24, 2.45) is 0 Å². The van der Waals surface area contributed by atoms with E-state index < -0.39 is 0 Å². The van der Waals surface area contributed by atoms with Crippen molar-refractivity contribution in [3.05, 3.63) is 54.6 Å². The highest BCUT2D eigenvalue weighted by atomic mass is 16.5. The molecule has 1 atom stereocenters. The molecule has 3 rings (SSSR count). The molecule has 2 aromatic carbocycles. The minimum atomic E-state index is -0.141. The summed E-state index contributed by atoms with van der Waals surface area (Å²) in [5.74, 6) is 0.915. The van der Waals surface area contributed by atoms with Gasteiger partial charge in [-0.05, 0) is 43.3 Å². The predicted octanol–water partition coefficient (Wildman–Crippen LogP) is 2.84. The Bertz CT molecular complexity index is 680. The smallest absolute Gasteiger partial charge is 0.241 e. The molecule has 1 aliphatic heterocycles. The number of methoxy groups -OCH3 is 1. The van der Waals surface area contributed by atoms with E-state index in [0.717, 1.165) is 37.6 Å². The molecule has 1 aliphatic rings. The standard InChI is InChI=1S/C20H25N3O2/c1-16(20(24)21-17-6-4-3-5-7-17)22-12-14-23(15-13-22)18-8-10-19(25-2)11-9-18/h3-11,16H,12-15H2,1-2H3,(H,21,24). The van der Waals surface area contributed by atoms with Crippen LogP contribution in [0.4, 0.5) is 11.4 Å². The van der Waals surface area contributed by atoms with Crippen LogP contribution in [0.5, 0.6) is 5.75 Å². The molecule has 0 radical (unpaired) electrons. The van der Waals surface area contributed by atoms with Gasteiger partial charge in [-0.3, -0.25) is 9.69 Å². The van der Waals surface area contributed by atoms with Crippen molar-refractivity contribution in [2.75, 3.05) is 43.5 Å². The van der Waals surface area contributed by atoms with Crippen molar-refractivity contribution >= 4 is 17.3 Å². The quantitative estimate of drug-likeness (QED) is 0.910. The molecule has 5 nitrogen and oxygen atoms in total. The zero-order valence-electron chi connectivity index (χ0n) is 14.8. The van der Waals surface area contributed by atoms with Gasteiger partial charge >= 0.3 is 0 Å². The zero-order chi connectivity index (χ0) is 17.6. The third kappa shape index (κ3) is 4.31. The fourth-order valence-electron chi connectivity index (χ4n) is 3.09. The number of hydrogen-bond acceptors (Lipinski definition) is 4. The van der Waals surface area contributed by atoms with E-state index in [4.69, 9.17) is 4.74 Å². The molecule has 1 saturated heterocycles. The lowest BCUT2D eigenvalue weighted by Gasteiger charge is -2.38. The maximum absolute atomic E-state index is 12.5. The number of carbonyl (C=O) groups excluding carboxylic acids is 1. The maximum Gasteiger partial charge on any atom is 0.241 e. The molecule has 1 fully saturated rings. The van der Waals surface area contributed by atoms with E-state index in [1.165, 1.54) is 5.69 Å². The first-order chi connectivity index (χ1) is 12.2. The Morgan fingerprint density at radius 3 is 2.24 bits per heavy atom. The molecule has 0 bridgehead atoms. The highest BCUT2D eigenvalue weighted by Crippen LogP contribution is 2.21. The molecule has 5 heteroatoms. The van der Waals surface area contributed by atoms with Gasteiger partial charge in [-0.1, -0.05) is 18.2 Å². The third-order valence-electron chi connectivity index (χ3n) is 4.72. The number of benzene rings is 2. The summed E-state index contributed by atoms with van der Waals surface area (Å²) in [4.78, 5) is 17.0. The van der Waals surface area contributed by atoms with Crippen molar-refractivity contribution in [3.63, 3.8) is 0 Å². The molecule has 25 heavy (non-hydrogen) atoms. The van der Waals surface area contributed by atoms with E-state index in [0.29, 0.717) is 0 Å². The number of nitrogens with one attached hydrogen (secondary N) is 1. The van der Waals surface area contributed by atoms with Crippen LogP contribution in [0.2, 0.25) is 0 Å². The van der Waals surface area contributed by atoms with E-state index >= 15 is 0 Å². The average molecular weight is 339 g/mol. The number of rotatable bonds is 5. The Balaban J connectivity index is 1.53. The van der Waals surface area contributed by atoms with Crippen molar-refractivity contribution in [1.29, 1.82) is 0 Å². The number of ether oxygens (including phenoxy) is 1. The van der Waals surface area contributed by atoms with Gasteiger partial charge in [0.25, 0.3) is 0 Å². The number of nitrogens with zero attached hydrogens (tertiary/aromatic N) is 2. The molecule has 1 N–H and O–H groups in total. The number of para-hydroxylation sites is 1. The zero-order valence-corrected chi connectivity index (χ0v) is 14.8. The van der Waals surface area contributed by atoms with Crippen LogP contribution in [-0.4, -0.2) is 50.1 Å². The number of amides is 1. The Kier molecular flexibility index (Phi) is 5.56. The van der Waals surface area contributed by atoms with Crippen LogP contribution < -0.4 is 15.0 Å². The molecule has 2 aromatic rings. The van der Waals surface area contributed by atoms with Gasteiger partial charge in [0.15, 0.2) is 0 Å². The number of carbonyl (C=O) groups is 1. The Morgan fingerprint density at radius 1 is 1.00 bits per heavy atom. The van der Waals surface area contributed by atoms with Crippen LogP contribution in [-0.2, 0) is 4.79 Å². The summed E-state index contributed by atoms with van der Waals surface area (Å²) < 4.78 is 5.21. The van der Waals surface area contributed by atoms with Crippen LogP contribution in [0, 0.1) is 0 Å². The SMILES string of the molecule is COc1ccc(N2CCN(C(C)C(=O)Nc3ccccc3)CC2)cc1. The molecule has 0 spiro atoms. The maximum atomic E-state index is 12.5. The number of piperazine rings is 1. The first-order valence-electron chi connectivity index (χ1n) is 8.66. The summed E-state index contributed by atoms with van der Waals surface area (Å²) in [7, 11) is 1.68. The van der Waals surface area contributed by atoms with Gasteiger partial charge in [-0.2, -0.15) is 0 Å². The summed E-state index contributed by atoms with van der Waals surface area (Å²) >= 11 is 0. The van der Waals surface area contributed by atoms with Gasteiger partial charge in [-0.15, -0.1) is 0 Å². The van der Waals surface area contributed by atoms with Crippen molar-refractivity contribution in [1.82, 2.24) is 4.90 Å². The Labute approximate surface area is 149 Å². The summed E-state index contributed by atoms with van der Waals surface area (Å²) in [6.45, 7) is 5.54. The monoisotopic (exact) mass is 339 g/mol. The topological polar surface area (TPSA) is 44.8 Å². The van der Waals surface area contributed by atoms with Gasteiger partial charge in [0, 0.05) is 37.6 Å². The second-order valence-electron chi connectivity index (χ2n) is 6.25. The lowest BCUT2D eigenvalue weighted by Crippen LogP contribution is -2.52. The molecular formula is C20H25N3O2. The van der Waals surface area contributed by atoms with Crippen LogP contribution in [0.15, 0.2) is 54.6 Å². The van der Waals surface area contributed by atoms with Gasteiger partial charge < -0.3 is 15.0 Å². The molecule has 132 valence electrons.